The zero-order valence-electron chi connectivity index (χ0n) is 13.5. The number of hydrogen-bond donors (Lipinski definition) is 1. The molecule has 1 N–H and O–H groups in total. The normalized spacial score (nSPS) is 16.8. The maximum atomic E-state index is 12.2. The second kappa shape index (κ2) is 7.85. The van der Waals surface area contributed by atoms with Gasteiger partial charge in [-0.15, -0.1) is 0 Å². The minimum atomic E-state index is -0.729. The number of rotatable bonds is 5. The first-order valence-corrected chi connectivity index (χ1v) is 8.57. The van der Waals surface area contributed by atoms with Crippen LogP contribution in [0.1, 0.15) is 6.92 Å². The van der Waals surface area contributed by atoms with E-state index in [1.807, 2.05) is 24.3 Å². The Hall–Kier alpha value is -2.11. The molecule has 2 atom stereocenters. The highest BCUT2D eigenvalue weighted by molar-refractivity contribution is 6.42. The molecule has 7 heteroatoms. The van der Waals surface area contributed by atoms with Gasteiger partial charge in [0.2, 0.25) is 0 Å². The van der Waals surface area contributed by atoms with Gasteiger partial charge in [0, 0.05) is 0 Å². The number of ether oxygens (including phenoxy) is 3. The molecule has 1 aliphatic rings. The van der Waals surface area contributed by atoms with Crippen LogP contribution in [0, 0.1) is 0 Å². The number of nitrogens with one attached hydrogen (secondary N) is 1. The zero-order valence-corrected chi connectivity index (χ0v) is 15.0. The summed E-state index contributed by atoms with van der Waals surface area (Å²) < 4.78 is 17.0. The molecule has 5 nitrogen and oxygen atoms in total. The van der Waals surface area contributed by atoms with Gasteiger partial charge in [-0.25, -0.2) is 0 Å². The Morgan fingerprint density at radius 3 is 2.80 bits per heavy atom. The smallest absolute Gasteiger partial charge is 0.260 e. The first-order chi connectivity index (χ1) is 12.0. The molecule has 0 saturated carbocycles. The van der Waals surface area contributed by atoms with Gasteiger partial charge in [-0.05, 0) is 31.2 Å². The van der Waals surface area contributed by atoms with E-state index in [2.05, 4.69) is 5.32 Å². The molecule has 1 amide bonds. The molecular weight excluding hydrogens is 365 g/mol. The van der Waals surface area contributed by atoms with Gasteiger partial charge in [0.05, 0.1) is 11.6 Å². The van der Waals surface area contributed by atoms with Gasteiger partial charge in [0.1, 0.15) is 23.5 Å². The van der Waals surface area contributed by atoms with Crippen molar-refractivity contribution in [2.45, 2.75) is 19.1 Å². The van der Waals surface area contributed by atoms with Crippen LogP contribution < -0.4 is 19.5 Å². The Bertz CT molecular complexity index is 768. The number of fused-ring (bicyclic) bond motifs is 1. The Kier molecular flexibility index (Phi) is 5.56. The molecule has 0 saturated heterocycles. The molecule has 1 heterocycles. The van der Waals surface area contributed by atoms with Crippen molar-refractivity contribution >= 4 is 29.1 Å². The van der Waals surface area contributed by atoms with E-state index in [9.17, 15) is 4.79 Å². The van der Waals surface area contributed by atoms with Crippen LogP contribution in [0.3, 0.4) is 0 Å². The third-order valence-electron chi connectivity index (χ3n) is 3.66. The molecule has 132 valence electrons. The lowest BCUT2D eigenvalue weighted by Crippen LogP contribution is -2.44. The summed E-state index contributed by atoms with van der Waals surface area (Å²) in [5, 5.41) is 3.45. The molecule has 0 aliphatic carbocycles. The standard InChI is InChI=1S/C18H17Cl2NO4/c1-11(24-16-8-4-5-13(19)17(16)20)18(22)21-9-12-10-23-14-6-2-3-7-15(14)25-12/h2-8,11-12H,9-10H2,1H3,(H,21,22). The number of carbonyl (C=O) groups is 1. The molecule has 0 aromatic heterocycles. The van der Waals surface area contributed by atoms with Crippen LogP contribution in [-0.4, -0.2) is 31.3 Å². The third-order valence-corrected chi connectivity index (χ3v) is 4.46. The SMILES string of the molecule is CC(Oc1cccc(Cl)c1Cl)C(=O)NCC1COc2ccccc2O1. The van der Waals surface area contributed by atoms with Gasteiger partial charge >= 0.3 is 0 Å². The first kappa shape index (κ1) is 17.7. The lowest BCUT2D eigenvalue weighted by molar-refractivity contribution is -0.127. The van der Waals surface area contributed by atoms with Crippen LogP contribution in [0.25, 0.3) is 0 Å². The summed E-state index contributed by atoms with van der Waals surface area (Å²) in [6.07, 6.45) is -0.992. The Balaban J connectivity index is 1.52. The topological polar surface area (TPSA) is 56.8 Å². The Labute approximate surface area is 155 Å². The number of carbonyl (C=O) groups excluding carboxylic acids is 1. The van der Waals surface area contributed by atoms with Crippen molar-refractivity contribution in [2.75, 3.05) is 13.2 Å². The summed E-state index contributed by atoms with van der Waals surface area (Å²) in [4.78, 5) is 12.2. The monoisotopic (exact) mass is 381 g/mol. The van der Waals surface area contributed by atoms with Gasteiger partial charge in [-0.2, -0.15) is 0 Å². The number of para-hydroxylation sites is 2. The highest BCUT2D eigenvalue weighted by atomic mass is 35.5. The van der Waals surface area contributed by atoms with Crippen LogP contribution in [0.5, 0.6) is 17.2 Å². The lowest BCUT2D eigenvalue weighted by Gasteiger charge is -2.27. The van der Waals surface area contributed by atoms with E-state index < -0.39 is 6.10 Å². The summed E-state index contributed by atoms with van der Waals surface area (Å²) in [6.45, 7) is 2.32. The first-order valence-electron chi connectivity index (χ1n) is 7.81. The number of benzene rings is 2. The molecule has 25 heavy (non-hydrogen) atoms. The molecule has 1 aliphatic heterocycles. The summed E-state index contributed by atoms with van der Waals surface area (Å²) >= 11 is 12.0. The summed E-state index contributed by atoms with van der Waals surface area (Å²) in [5.74, 6) is 1.46. The predicted octanol–water partition coefficient (Wildman–Crippen LogP) is 3.72. The second-order valence-electron chi connectivity index (χ2n) is 5.55. The summed E-state index contributed by atoms with van der Waals surface area (Å²) in [7, 11) is 0. The zero-order chi connectivity index (χ0) is 17.8. The Morgan fingerprint density at radius 2 is 2.00 bits per heavy atom. The van der Waals surface area contributed by atoms with E-state index in [-0.39, 0.29) is 17.0 Å². The molecule has 3 rings (SSSR count). The molecule has 0 spiro atoms. The van der Waals surface area contributed by atoms with Gasteiger partial charge in [0.25, 0.3) is 5.91 Å². The number of amides is 1. The van der Waals surface area contributed by atoms with Gasteiger partial charge in [-0.1, -0.05) is 41.4 Å². The van der Waals surface area contributed by atoms with Crippen molar-refractivity contribution < 1.29 is 19.0 Å². The molecule has 2 unspecified atom stereocenters. The quantitative estimate of drug-likeness (QED) is 0.857. The highest BCUT2D eigenvalue weighted by Crippen LogP contribution is 2.32. The molecular formula is C18H17Cl2NO4. The average Bonchev–Trinajstić information content (AvgIpc) is 2.63. The van der Waals surface area contributed by atoms with Gasteiger partial charge < -0.3 is 19.5 Å². The second-order valence-corrected chi connectivity index (χ2v) is 6.34. The maximum absolute atomic E-state index is 12.2. The molecule has 2 aromatic carbocycles. The van der Waals surface area contributed by atoms with E-state index in [0.717, 1.165) is 0 Å². The third kappa shape index (κ3) is 4.30. The van der Waals surface area contributed by atoms with E-state index in [1.165, 1.54) is 0 Å². The van der Waals surface area contributed by atoms with E-state index in [4.69, 9.17) is 37.4 Å². The van der Waals surface area contributed by atoms with Crippen LogP contribution in [0.4, 0.5) is 0 Å². The lowest BCUT2D eigenvalue weighted by atomic mass is 10.2. The van der Waals surface area contributed by atoms with Crippen LogP contribution in [0.2, 0.25) is 10.0 Å². The average molecular weight is 382 g/mol. The highest BCUT2D eigenvalue weighted by Gasteiger charge is 2.23. The molecule has 0 bridgehead atoms. The fourth-order valence-corrected chi connectivity index (χ4v) is 2.68. The number of hydrogen-bond acceptors (Lipinski definition) is 4. The van der Waals surface area contributed by atoms with Crippen LogP contribution in [-0.2, 0) is 4.79 Å². The van der Waals surface area contributed by atoms with Crippen molar-refractivity contribution in [2.24, 2.45) is 0 Å². The van der Waals surface area contributed by atoms with Crippen molar-refractivity contribution in [1.82, 2.24) is 5.32 Å². The predicted molar refractivity (Wildman–Crippen MR) is 95.9 cm³/mol. The van der Waals surface area contributed by atoms with Gasteiger partial charge in [-0.3, -0.25) is 4.79 Å². The summed E-state index contributed by atoms with van der Waals surface area (Å²) in [6, 6.07) is 12.4. The van der Waals surface area contributed by atoms with E-state index >= 15 is 0 Å². The fourth-order valence-electron chi connectivity index (χ4n) is 2.34. The van der Waals surface area contributed by atoms with E-state index in [0.29, 0.717) is 35.4 Å². The molecule has 2 aromatic rings. The van der Waals surface area contributed by atoms with Crippen molar-refractivity contribution in [3.63, 3.8) is 0 Å². The Morgan fingerprint density at radius 1 is 1.24 bits per heavy atom. The largest absolute Gasteiger partial charge is 0.486 e. The minimum Gasteiger partial charge on any atom is -0.486 e. The fraction of sp³-hybridized carbons (Fsp3) is 0.278. The molecule has 0 fully saturated rings. The van der Waals surface area contributed by atoms with Crippen LogP contribution in [0.15, 0.2) is 42.5 Å². The number of halogens is 2. The van der Waals surface area contributed by atoms with Crippen LogP contribution >= 0.6 is 23.2 Å². The van der Waals surface area contributed by atoms with Crippen molar-refractivity contribution in [3.8, 4) is 17.2 Å². The van der Waals surface area contributed by atoms with E-state index in [1.54, 1.807) is 25.1 Å². The van der Waals surface area contributed by atoms with Crippen molar-refractivity contribution in [3.05, 3.63) is 52.5 Å². The molecule has 0 radical (unpaired) electrons. The van der Waals surface area contributed by atoms with Gasteiger partial charge in [0.15, 0.2) is 17.6 Å². The minimum absolute atomic E-state index is 0.263. The maximum Gasteiger partial charge on any atom is 0.260 e. The summed E-state index contributed by atoms with van der Waals surface area (Å²) in [5.41, 5.74) is 0. The van der Waals surface area contributed by atoms with Crippen molar-refractivity contribution in [1.29, 1.82) is 0 Å².